The lowest BCUT2D eigenvalue weighted by atomic mass is 10.2. The minimum Gasteiger partial charge on any atom is -0.497 e. The first-order valence-corrected chi connectivity index (χ1v) is 9.34. The lowest BCUT2D eigenvalue weighted by molar-refractivity contribution is -0.117. The fourth-order valence-corrected chi connectivity index (χ4v) is 2.38. The molecule has 0 aromatic heterocycles. The fourth-order valence-electron chi connectivity index (χ4n) is 2.38. The first-order chi connectivity index (χ1) is 14.0. The molecule has 2 rings (SSSR count). The Morgan fingerprint density at radius 1 is 0.966 bits per heavy atom. The number of benzene rings is 2. The Bertz CT molecular complexity index is 859. The zero-order valence-corrected chi connectivity index (χ0v) is 16.5. The molecule has 3 amide bonds. The first-order valence-electron chi connectivity index (χ1n) is 9.34. The van der Waals surface area contributed by atoms with Crippen LogP contribution in [0.25, 0.3) is 6.08 Å². The SMILES string of the molecule is CCCCC(=O)Nc1ccc(C(=O)NNC(=O)/C=C/c2ccc(OC)cc2)cc1. The molecular formula is C22H25N3O4. The van der Waals surface area contributed by atoms with Crippen molar-refractivity contribution in [2.24, 2.45) is 0 Å². The summed E-state index contributed by atoms with van der Waals surface area (Å²) >= 11 is 0. The molecule has 0 aliphatic rings. The molecule has 2 aromatic carbocycles. The molecular weight excluding hydrogens is 370 g/mol. The molecule has 0 spiro atoms. The second kappa shape index (κ2) is 11.3. The minimum atomic E-state index is -0.464. The highest BCUT2D eigenvalue weighted by Gasteiger charge is 2.07. The molecule has 0 heterocycles. The van der Waals surface area contributed by atoms with Crippen LogP contribution in [-0.2, 0) is 9.59 Å². The van der Waals surface area contributed by atoms with Crippen molar-refractivity contribution in [3.63, 3.8) is 0 Å². The zero-order valence-electron chi connectivity index (χ0n) is 16.5. The summed E-state index contributed by atoms with van der Waals surface area (Å²) in [6, 6.07) is 13.6. The van der Waals surface area contributed by atoms with Crippen molar-refractivity contribution in [1.82, 2.24) is 10.9 Å². The average Bonchev–Trinajstić information content (AvgIpc) is 2.75. The number of methoxy groups -OCH3 is 1. The predicted molar refractivity (Wildman–Crippen MR) is 112 cm³/mol. The Kier molecular flexibility index (Phi) is 8.44. The number of anilines is 1. The van der Waals surface area contributed by atoms with Crippen molar-refractivity contribution in [2.45, 2.75) is 26.2 Å². The van der Waals surface area contributed by atoms with Crippen molar-refractivity contribution >= 4 is 29.5 Å². The summed E-state index contributed by atoms with van der Waals surface area (Å²) in [5.41, 5.74) is 6.47. The van der Waals surface area contributed by atoms with E-state index >= 15 is 0 Å². The largest absolute Gasteiger partial charge is 0.497 e. The van der Waals surface area contributed by atoms with E-state index in [2.05, 4.69) is 16.2 Å². The van der Waals surface area contributed by atoms with E-state index in [4.69, 9.17) is 4.74 Å². The van der Waals surface area contributed by atoms with Gasteiger partial charge in [-0.15, -0.1) is 0 Å². The molecule has 0 saturated heterocycles. The predicted octanol–water partition coefficient (Wildman–Crippen LogP) is 3.30. The number of hydrogen-bond donors (Lipinski definition) is 3. The van der Waals surface area contributed by atoms with E-state index in [1.807, 2.05) is 19.1 Å². The maximum Gasteiger partial charge on any atom is 0.269 e. The van der Waals surface area contributed by atoms with Crippen LogP contribution in [0.3, 0.4) is 0 Å². The smallest absolute Gasteiger partial charge is 0.269 e. The van der Waals surface area contributed by atoms with Crippen LogP contribution in [0.5, 0.6) is 5.75 Å². The normalized spacial score (nSPS) is 10.4. The van der Waals surface area contributed by atoms with Gasteiger partial charge in [-0.05, 0) is 54.5 Å². The monoisotopic (exact) mass is 395 g/mol. The number of nitrogens with one attached hydrogen (secondary N) is 3. The molecule has 0 saturated carbocycles. The number of rotatable bonds is 8. The number of unbranched alkanes of at least 4 members (excludes halogenated alkanes) is 1. The van der Waals surface area contributed by atoms with E-state index < -0.39 is 11.8 Å². The topological polar surface area (TPSA) is 96.5 Å². The fraction of sp³-hybridized carbons (Fsp3) is 0.227. The highest BCUT2D eigenvalue weighted by atomic mass is 16.5. The Morgan fingerprint density at radius 3 is 2.28 bits per heavy atom. The van der Waals surface area contributed by atoms with Gasteiger partial charge in [0.1, 0.15) is 5.75 Å². The van der Waals surface area contributed by atoms with Crippen LogP contribution >= 0.6 is 0 Å². The van der Waals surface area contributed by atoms with Crippen molar-refractivity contribution < 1.29 is 19.1 Å². The van der Waals surface area contributed by atoms with Crippen molar-refractivity contribution in [3.8, 4) is 5.75 Å². The van der Waals surface area contributed by atoms with Gasteiger partial charge < -0.3 is 10.1 Å². The highest BCUT2D eigenvalue weighted by Crippen LogP contribution is 2.12. The third-order valence-electron chi connectivity index (χ3n) is 4.03. The Balaban J connectivity index is 1.81. The van der Waals surface area contributed by atoms with E-state index in [1.54, 1.807) is 49.6 Å². The van der Waals surface area contributed by atoms with Gasteiger partial charge in [0.05, 0.1) is 7.11 Å². The third kappa shape index (κ3) is 7.50. The van der Waals surface area contributed by atoms with Crippen molar-refractivity contribution in [1.29, 1.82) is 0 Å². The molecule has 152 valence electrons. The molecule has 29 heavy (non-hydrogen) atoms. The van der Waals surface area contributed by atoms with Crippen LogP contribution in [0.4, 0.5) is 5.69 Å². The molecule has 3 N–H and O–H groups in total. The summed E-state index contributed by atoms with van der Waals surface area (Å²) in [4.78, 5) is 35.7. The molecule has 0 bridgehead atoms. The van der Waals surface area contributed by atoms with Crippen LogP contribution in [0.15, 0.2) is 54.6 Å². The molecule has 0 atom stereocenters. The van der Waals surface area contributed by atoms with E-state index in [9.17, 15) is 14.4 Å². The Morgan fingerprint density at radius 2 is 1.66 bits per heavy atom. The van der Waals surface area contributed by atoms with Crippen LogP contribution in [0, 0.1) is 0 Å². The maximum absolute atomic E-state index is 12.1. The molecule has 7 nitrogen and oxygen atoms in total. The van der Waals surface area contributed by atoms with Gasteiger partial charge in [-0.25, -0.2) is 0 Å². The maximum atomic E-state index is 12.1. The number of amides is 3. The summed E-state index contributed by atoms with van der Waals surface area (Å²) in [6.07, 6.45) is 5.19. The molecule has 2 aromatic rings. The van der Waals surface area contributed by atoms with Gasteiger partial charge in [0.2, 0.25) is 5.91 Å². The number of ether oxygens (including phenoxy) is 1. The molecule has 0 aliphatic carbocycles. The molecule has 0 fully saturated rings. The van der Waals surface area contributed by atoms with Gasteiger partial charge in [-0.1, -0.05) is 25.5 Å². The average molecular weight is 395 g/mol. The van der Waals surface area contributed by atoms with Crippen LogP contribution < -0.4 is 20.9 Å². The third-order valence-corrected chi connectivity index (χ3v) is 4.03. The van der Waals surface area contributed by atoms with Gasteiger partial charge in [0.25, 0.3) is 11.8 Å². The number of carbonyl (C=O) groups is 3. The first kappa shape index (κ1) is 21.7. The van der Waals surface area contributed by atoms with E-state index in [-0.39, 0.29) is 5.91 Å². The molecule has 0 radical (unpaired) electrons. The van der Waals surface area contributed by atoms with Crippen molar-refractivity contribution in [2.75, 3.05) is 12.4 Å². The summed E-state index contributed by atoms with van der Waals surface area (Å²) in [7, 11) is 1.58. The van der Waals surface area contributed by atoms with E-state index in [0.717, 1.165) is 24.2 Å². The quantitative estimate of drug-likeness (QED) is 0.472. The second-order valence-corrected chi connectivity index (χ2v) is 6.28. The number of carbonyl (C=O) groups excluding carboxylic acids is 3. The van der Waals surface area contributed by atoms with Crippen LogP contribution in [0.1, 0.15) is 42.1 Å². The van der Waals surface area contributed by atoms with Crippen molar-refractivity contribution in [3.05, 3.63) is 65.7 Å². The number of hydrogen-bond acceptors (Lipinski definition) is 4. The number of hydrazine groups is 1. The van der Waals surface area contributed by atoms with Gasteiger partial charge in [0, 0.05) is 23.7 Å². The molecule has 0 unspecified atom stereocenters. The van der Waals surface area contributed by atoms with E-state index in [0.29, 0.717) is 17.7 Å². The zero-order chi connectivity index (χ0) is 21.1. The summed E-state index contributed by atoms with van der Waals surface area (Å²) in [6.45, 7) is 2.02. The van der Waals surface area contributed by atoms with E-state index in [1.165, 1.54) is 6.08 Å². The van der Waals surface area contributed by atoms with Gasteiger partial charge in [0.15, 0.2) is 0 Å². The second-order valence-electron chi connectivity index (χ2n) is 6.28. The van der Waals surface area contributed by atoms with Gasteiger partial charge in [-0.3, -0.25) is 25.2 Å². The Hall–Kier alpha value is -3.61. The standard InChI is InChI=1S/C22H25N3O4/c1-3-4-5-20(26)23-18-11-9-17(10-12-18)22(28)25-24-21(27)15-8-16-6-13-19(29-2)14-7-16/h6-15H,3-5H2,1-2H3,(H,23,26)(H,24,27)(H,25,28)/b15-8+. The summed E-state index contributed by atoms with van der Waals surface area (Å²) in [5, 5.41) is 2.78. The molecule has 0 aliphatic heterocycles. The summed E-state index contributed by atoms with van der Waals surface area (Å²) < 4.78 is 5.07. The van der Waals surface area contributed by atoms with Gasteiger partial charge >= 0.3 is 0 Å². The Labute approximate surface area is 170 Å². The van der Waals surface area contributed by atoms with Crippen LogP contribution in [-0.4, -0.2) is 24.8 Å². The van der Waals surface area contributed by atoms with Gasteiger partial charge in [-0.2, -0.15) is 0 Å². The lowest BCUT2D eigenvalue weighted by Crippen LogP contribution is -2.40. The molecule has 7 heteroatoms. The van der Waals surface area contributed by atoms with Crippen LogP contribution in [0.2, 0.25) is 0 Å². The minimum absolute atomic E-state index is 0.0556. The summed E-state index contributed by atoms with van der Waals surface area (Å²) in [5.74, 6) is -0.251. The lowest BCUT2D eigenvalue weighted by Gasteiger charge is -2.07. The highest BCUT2D eigenvalue weighted by molar-refractivity contribution is 5.98.